The van der Waals surface area contributed by atoms with Crippen molar-refractivity contribution >= 4 is 16.7 Å². The highest BCUT2D eigenvalue weighted by Gasteiger charge is 2.12. The van der Waals surface area contributed by atoms with Crippen molar-refractivity contribution in [3.63, 3.8) is 0 Å². The molecule has 0 amide bonds. The fourth-order valence-electron chi connectivity index (χ4n) is 3.62. The largest absolute Gasteiger partial charge is 0.384 e. The van der Waals surface area contributed by atoms with Gasteiger partial charge in [-0.05, 0) is 62.2 Å². The summed E-state index contributed by atoms with van der Waals surface area (Å²) in [6.07, 6.45) is 1.95. The van der Waals surface area contributed by atoms with E-state index in [1.54, 1.807) is 0 Å². The van der Waals surface area contributed by atoms with E-state index >= 15 is 0 Å². The molecule has 0 bridgehead atoms. The van der Waals surface area contributed by atoms with Gasteiger partial charge in [0.1, 0.15) is 0 Å². The van der Waals surface area contributed by atoms with Crippen molar-refractivity contribution in [3.8, 4) is 22.4 Å². The lowest BCUT2D eigenvalue weighted by Crippen LogP contribution is -2.12. The van der Waals surface area contributed by atoms with Crippen LogP contribution in [0.2, 0.25) is 0 Å². The molecule has 3 heterocycles. The first-order chi connectivity index (χ1) is 13.5. The fourth-order valence-corrected chi connectivity index (χ4v) is 3.62. The van der Waals surface area contributed by atoms with Gasteiger partial charge in [-0.15, -0.1) is 0 Å². The van der Waals surface area contributed by atoms with Gasteiger partial charge in [-0.3, -0.25) is 9.97 Å². The average Bonchev–Trinajstić information content (AvgIpc) is 3.02. The number of anilines is 1. The molecule has 0 aliphatic carbocycles. The summed E-state index contributed by atoms with van der Waals surface area (Å²) in [5, 5.41) is 3.30. The smallest absolute Gasteiger partial charge is 0.0914 e. The van der Waals surface area contributed by atoms with E-state index in [-0.39, 0.29) is 0 Å². The Balaban J connectivity index is 1.72. The van der Waals surface area contributed by atoms with Gasteiger partial charge in [0, 0.05) is 47.5 Å². The third kappa shape index (κ3) is 3.49. The third-order valence-electron chi connectivity index (χ3n) is 4.94. The Kier molecular flexibility index (Phi) is 4.84. The van der Waals surface area contributed by atoms with Crippen molar-refractivity contribution in [1.82, 2.24) is 15.0 Å². The minimum Gasteiger partial charge on any atom is -0.384 e. The number of nitrogens with zero attached hydrogens (tertiary/aromatic N) is 2. The second-order valence-electron chi connectivity index (χ2n) is 7.18. The van der Waals surface area contributed by atoms with Crippen molar-refractivity contribution in [2.45, 2.75) is 20.8 Å². The molecule has 0 saturated heterocycles. The van der Waals surface area contributed by atoms with Crippen LogP contribution in [0.1, 0.15) is 17.0 Å². The Morgan fingerprint density at radius 2 is 1.64 bits per heavy atom. The van der Waals surface area contributed by atoms with E-state index in [1.807, 2.05) is 20.0 Å². The zero-order valence-electron chi connectivity index (χ0n) is 16.5. The molecule has 0 fully saturated rings. The summed E-state index contributed by atoms with van der Waals surface area (Å²) in [5.41, 5.74) is 16.4. The van der Waals surface area contributed by atoms with Crippen LogP contribution in [-0.4, -0.2) is 28.0 Å². The van der Waals surface area contributed by atoms with Crippen molar-refractivity contribution in [3.05, 3.63) is 65.6 Å². The lowest BCUT2D eigenvalue weighted by Gasteiger charge is -2.06. The van der Waals surface area contributed by atoms with E-state index in [1.165, 1.54) is 0 Å². The van der Waals surface area contributed by atoms with E-state index in [0.29, 0.717) is 6.54 Å². The molecule has 4 aromatic rings. The van der Waals surface area contributed by atoms with Crippen LogP contribution in [0.5, 0.6) is 0 Å². The fraction of sp³-hybridized carbons (Fsp3) is 0.217. The predicted molar refractivity (Wildman–Crippen MR) is 117 cm³/mol. The number of nitrogens with one attached hydrogen (secondary N) is 2. The standard InChI is InChI=1S/C23H25N5/c1-14-10-18(11-15(2)27-14)19-12-21-23(26-13-19)16(3)22(28-21)17-4-6-20(7-5-17)25-9-8-24/h4-7,10-13,25,28H,8-9,24H2,1-3H3. The zero-order chi connectivity index (χ0) is 19.7. The number of nitrogens with two attached hydrogens (primary N) is 1. The molecule has 28 heavy (non-hydrogen) atoms. The molecule has 0 atom stereocenters. The molecule has 5 nitrogen and oxygen atoms in total. The van der Waals surface area contributed by atoms with E-state index in [9.17, 15) is 0 Å². The molecule has 4 N–H and O–H groups in total. The summed E-state index contributed by atoms with van der Waals surface area (Å²) in [6, 6.07) is 14.8. The Morgan fingerprint density at radius 3 is 2.32 bits per heavy atom. The Morgan fingerprint density at radius 1 is 0.929 bits per heavy atom. The van der Waals surface area contributed by atoms with Crippen molar-refractivity contribution < 1.29 is 0 Å². The van der Waals surface area contributed by atoms with Gasteiger partial charge in [0.2, 0.25) is 0 Å². The third-order valence-corrected chi connectivity index (χ3v) is 4.94. The zero-order valence-corrected chi connectivity index (χ0v) is 16.5. The summed E-state index contributed by atoms with van der Waals surface area (Å²) >= 11 is 0. The average molecular weight is 371 g/mol. The molecule has 0 spiro atoms. The second-order valence-corrected chi connectivity index (χ2v) is 7.18. The molecular weight excluding hydrogens is 346 g/mol. The topological polar surface area (TPSA) is 79.6 Å². The molecule has 1 aromatic carbocycles. The monoisotopic (exact) mass is 371 g/mol. The number of rotatable bonds is 5. The summed E-state index contributed by atoms with van der Waals surface area (Å²) in [5.74, 6) is 0. The number of pyridine rings is 2. The van der Waals surface area contributed by atoms with E-state index in [0.717, 1.165) is 62.6 Å². The number of aromatic nitrogens is 3. The van der Waals surface area contributed by atoms with Crippen molar-refractivity contribution in [1.29, 1.82) is 0 Å². The van der Waals surface area contributed by atoms with Crippen LogP contribution in [0.15, 0.2) is 48.7 Å². The van der Waals surface area contributed by atoms with Crippen LogP contribution in [0.3, 0.4) is 0 Å². The molecule has 3 aromatic heterocycles. The lowest BCUT2D eigenvalue weighted by molar-refractivity contribution is 1.02. The van der Waals surface area contributed by atoms with Gasteiger partial charge in [-0.25, -0.2) is 0 Å². The van der Waals surface area contributed by atoms with Gasteiger partial charge in [0.15, 0.2) is 0 Å². The number of aryl methyl sites for hydroxylation is 3. The molecule has 0 unspecified atom stereocenters. The van der Waals surface area contributed by atoms with Crippen LogP contribution in [0.4, 0.5) is 5.69 Å². The van der Waals surface area contributed by atoms with Crippen molar-refractivity contribution in [2.75, 3.05) is 18.4 Å². The molecule has 0 radical (unpaired) electrons. The van der Waals surface area contributed by atoms with E-state index < -0.39 is 0 Å². The van der Waals surface area contributed by atoms with Crippen molar-refractivity contribution in [2.24, 2.45) is 5.73 Å². The van der Waals surface area contributed by atoms with E-state index in [4.69, 9.17) is 10.7 Å². The lowest BCUT2D eigenvalue weighted by atomic mass is 10.1. The summed E-state index contributed by atoms with van der Waals surface area (Å²) in [7, 11) is 0. The molecule has 0 saturated carbocycles. The van der Waals surface area contributed by atoms with Gasteiger partial charge in [0.05, 0.1) is 16.7 Å². The van der Waals surface area contributed by atoms with Crippen LogP contribution in [0.25, 0.3) is 33.4 Å². The first-order valence-corrected chi connectivity index (χ1v) is 9.53. The molecular formula is C23H25N5. The molecule has 0 aliphatic rings. The molecule has 4 rings (SSSR count). The van der Waals surface area contributed by atoms with Gasteiger partial charge in [0.25, 0.3) is 0 Å². The van der Waals surface area contributed by atoms with Crippen LogP contribution in [-0.2, 0) is 0 Å². The predicted octanol–water partition coefficient (Wildman–Crippen LogP) is 4.59. The molecule has 0 aliphatic heterocycles. The van der Waals surface area contributed by atoms with Gasteiger partial charge >= 0.3 is 0 Å². The van der Waals surface area contributed by atoms with Crippen LogP contribution < -0.4 is 11.1 Å². The SMILES string of the molecule is Cc1cc(-c2cnc3c(C)c(-c4ccc(NCCN)cc4)[nH]c3c2)cc(C)n1. The normalized spacial score (nSPS) is 11.1. The highest BCUT2D eigenvalue weighted by atomic mass is 14.9. The Hall–Kier alpha value is -3.18. The highest BCUT2D eigenvalue weighted by Crippen LogP contribution is 2.31. The summed E-state index contributed by atoms with van der Waals surface area (Å²) in [6.45, 7) is 7.54. The Labute approximate surface area is 165 Å². The van der Waals surface area contributed by atoms with Gasteiger partial charge in [-0.2, -0.15) is 0 Å². The molecule has 5 heteroatoms. The second kappa shape index (κ2) is 7.44. The maximum atomic E-state index is 5.55. The number of H-pyrrole nitrogens is 1. The van der Waals surface area contributed by atoms with Gasteiger partial charge < -0.3 is 16.0 Å². The first-order valence-electron chi connectivity index (χ1n) is 9.53. The number of aromatic amines is 1. The van der Waals surface area contributed by atoms with Gasteiger partial charge in [-0.1, -0.05) is 12.1 Å². The number of hydrogen-bond acceptors (Lipinski definition) is 4. The Bertz CT molecular complexity index is 1110. The maximum absolute atomic E-state index is 5.55. The van der Waals surface area contributed by atoms with Crippen LogP contribution >= 0.6 is 0 Å². The maximum Gasteiger partial charge on any atom is 0.0914 e. The number of hydrogen-bond donors (Lipinski definition) is 3. The number of fused-ring (bicyclic) bond motifs is 1. The minimum absolute atomic E-state index is 0.618. The minimum atomic E-state index is 0.618. The van der Waals surface area contributed by atoms with Crippen LogP contribution in [0, 0.1) is 20.8 Å². The number of benzene rings is 1. The summed E-state index contributed by atoms with van der Waals surface area (Å²) < 4.78 is 0. The summed E-state index contributed by atoms with van der Waals surface area (Å²) in [4.78, 5) is 12.8. The highest BCUT2D eigenvalue weighted by molar-refractivity contribution is 5.90. The van der Waals surface area contributed by atoms with E-state index in [2.05, 4.69) is 64.7 Å². The molecule has 142 valence electrons. The quantitative estimate of drug-likeness (QED) is 0.479. The first kappa shape index (κ1) is 18.2.